The molecule has 0 aliphatic carbocycles. The van der Waals surface area contributed by atoms with Gasteiger partial charge in [-0.25, -0.2) is 4.79 Å². The maximum atomic E-state index is 13.5. The minimum atomic E-state index is -1.33. The molecule has 2 aromatic carbocycles. The van der Waals surface area contributed by atoms with Crippen LogP contribution in [0.4, 0.5) is 9.80 Å². The Morgan fingerprint density at radius 1 is 1.00 bits per heavy atom. The molecular weight excluding hydrogens is 428 g/mol. The molecule has 0 unspecified atom stereocenters. The lowest BCUT2D eigenvalue weighted by Crippen LogP contribution is -2.46. The Kier molecular flexibility index (Phi) is 5.74. The minimum Gasteiger partial charge on any atom is -0.366 e. The molecule has 1 aliphatic heterocycles. The van der Waals surface area contributed by atoms with Crippen molar-refractivity contribution >= 4 is 40.1 Å². The van der Waals surface area contributed by atoms with Gasteiger partial charge in [0.1, 0.15) is 11.5 Å². The Morgan fingerprint density at radius 3 is 2.31 bits per heavy atom. The van der Waals surface area contributed by atoms with E-state index >= 15 is 0 Å². The second kappa shape index (κ2) is 8.64. The van der Waals surface area contributed by atoms with Gasteiger partial charge in [0.2, 0.25) is 5.91 Å². The smallest absolute Gasteiger partial charge is 0.325 e. The third-order valence-corrected chi connectivity index (χ3v) is 6.07. The topological polar surface area (TPSA) is 122 Å². The van der Waals surface area contributed by atoms with Gasteiger partial charge in [-0.1, -0.05) is 60.7 Å². The van der Waals surface area contributed by atoms with Crippen molar-refractivity contribution in [1.82, 2.24) is 10.2 Å². The molecule has 5 amide bonds. The molecule has 2 heterocycles. The largest absolute Gasteiger partial charge is 0.366 e. The first-order chi connectivity index (χ1) is 15.4. The van der Waals surface area contributed by atoms with Crippen LogP contribution >= 0.6 is 11.3 Å². The van der Waals surface area contributed by atoms with Crippen LogP contribution < -0.4 is 16.4 Å². The molecule has 162 valence electrons. The fourth-order valence-electron chi connectivity index (χ4n) is 3.72. The second-order valence-corrected chi connectivity index (χ2v) is 8.25. The van der Waals surface area contributed by atoms with Gasteiger partial charge < -0.3 is 16.4 Å². The summed E-state index contributed by atoms with van der Waals surface area (Å²) >= 11 is 1.13. The van der Waals surface area contributed by atoms with Crippen molar-refractivity contribution in [3.05, 3.63) is 88.8 Å². The van der Waals surface area contributed by atoms with E-state index in [0.29, 0.717) is 5.56 Å². The molecule has 0 radical (unpaired) electrons. The van der Waals surface area contributed by atoms with E-state index in [1.807, 2.05) is 36.4 Å². The number of imide groups is 1. The molecule has 32 heavy (non-hydrogen) atoms. The highest BCUT2D eigenvalue weighted by molar-refractivity contribution is 7.14. The summed E-state index contributed by atoms with van der Waals surface area (Å²) in [5.74, 6) is -1.81. The molecule has 0 spiro atoms. The van der Waals surface area contributed by atoms with Crippen molar-refractivity contribution in [3.8, 4) is 0 Å². The third kappa shape index (κ3) is 3.97. The van der Waals surface area contributed by atoms with Crippen molar-refractivity contribution in [2.24, 2.45) is 5.73 Å². The van der Waals surface area contributed by atoms with Gasteiger partial charge in [0.05, 0.1) is 5.56 Å². The summed E-state index contributed by atoms with van der Waals surface area (Å²) in [6.07, 6.45) is 0.233. The molecule has 1 aliphatic rings. The number of urea groups is 1. The first-order valence-electron chi connectivity index (χ1n) is 9.81. The Labute approximate surface area is 188 Å². The van der Waals surface area contributed by atoms with E-state index in [2.05, 4.69) is 10.6 Å². The molecule has 1 atom stereocenters. The van der Waals surface area contributed by atoms with E-state index in [0.717, 1.165) is 21.8 Å². The van der Waals surface area contributed by atoms with Crippen LogP contribution in [0.3, 0.4) is 0 Å². The first-order valence-corrected chi connectivity index (χ1v) is 10.7. The molecule has 4 rings (SSSR count). The molecular formula is C23H20N4O4S. The number of nitrogens with zero attached hydrogens (tertiary/aromatic N) is 1. The molecule has 0 saturated carbocycles. The highest BCUT2D eigenvalue weighted by atomic mass is 32.1. The Bertz CT molecular complexity index is 1180. The number of carbonyl (C=O) groups is 4. The van der Waals surface area contributed by atoms with Gasteiger partial charge in [0.25, 0.3) is 11.8 Å². The average molecular weight is 449 g/mol. The van der Waals surface area contributed by atoms with Gasteiger partial charge in [0, 0.05) is 6.42 Å². The number of primary amides is 1. The van der Waals surface area contributed by atoms with E-state index in [-0.39, 0.29) is 17.0 Å². The van der Waals surface area contributed by atoms with Crippen LogP contribution in [0, 0.1) is 0 Å². The summed E-state index contributed by atoms with van der Waals surface area (Å²) < 4.78 is 0. The zero-order valence-electron chi connectivity index (χ0n) is 16.9. The third-order valence-electron chi connectivity index (χ3n) is 5.24. The normalized spacial score (nSPS) is 17.8. The van der Waals surface area contributed by atoms with Crippen molar-refractivity contribution in [2.45, 2.75) is 12.0 Å². The molecule has 3 aromatic rings. The minimum absolute atomic E-state index is 0.170. The Hall–Kier alpha value is -3.98. The van der Waals surface area contributed by atoms with Gasteiger partial charge >= 0.3 is 6.03 Å². The van der Waals surface area contributed by atoms with E-state index in [9.17, 15) is 19.2 Å². The van der Waals surface area contributed by atoms with Crippen molar-refractivity contribution in [3.63, 3.8) is 0 Å². The van der Waals surface area contributed by atoms with Gasteiger partial charge in [-0.05, 0) is 22.6 Å². The number of hydrogen-bond donors (Lipinski definition) is 3. The summed E-state index contributed by atoms with van der Waals surface area (Å²) in [7, 11) is 0. The quantitative estimate of drug-likeness (QED) is 0.481. The van der Waals surface area contributed by atoms with Crippen LogP contribution in [-0.2, 0) is 21.5 Å². The van der Waals surface area contributed by atoms with Crippen LogP contribution in [0.1, 0.15) is 21.5 Å². The van der Waals surface area contributed by atoms with Gasteiger partial charge in [-0.3, -0.25) is 19.3 Å². The summed E-state index contributed by atoms with van der Waals surface area (Å²) in [4.78, 5) is 51.3. The Morgan fingerprint density at radius 2 is 1.66 bits per heavy atom. The van der Waals surface area contributed by atoms with Crippen LogP contribution in [0.5, 0.6) is 0 Å². The second-order valence-electron chi connectivity index (χ2n) is 7.33. The lowest BCUT2D eigenvalue weighted by molar-refractivity contribution is -0.134. The lowest BCUT2D eigenvalue weighted by Gasteiger charge is -2.27. The maximum Gasteiger partial charge on any atom is 0.325 e. The zero-order chi connectivity index (χ0) is 22.7. The van der Waals surface area contributed by atoms with Crippen LogP contribution in [0.25, 0.3) is 0 Å². The standard InChI is InChI=1S/C23H20N4O4S/c24-19(29)17-11-12-32-20(17)25-18(28)14-27-21(30)23(26-22(27)31,16-9-5-2-6-10-16)13-15-7-3-1-4-8-15/h1-12H,13-14H2,(H2,24,29)(H,25,28)(H,26,31)/t23-/m1/s1. The van der Waals surface area contributed by atoms with Crippen LogP contribution in [0.2, 0.25) is 0 Å². The number of amides is 5. The number of nitrogens with two attached hydrogens (primary N) is 1. The number of thiophene rings is 1. The summed E-state index contributed by atoms with van der Waals surface area (Å²) in [6.45, 7) is -0.496. The van der Waals surface area contributed by atoms with Gasteiger partial charge in [0.15, 0.2) is 5.54 Å². The summed E-state index contributed by atoms with van der Waals surface area (Å²) in [5, 5.41) is 7.26. The number of benzene rings is 2. The highest BCUT2D eigenvalue weighted by Crippen LogP contribution is 2.33. The predicted octanol–water partition coefficient (Wildman–Crippen LogP) is 2.48. The number of rotatable bonds is 7. The Balaban J connectivity index is 1.60. The fourth-order valence-corrected chi connectivity index (χ4v) is 4.53. The fraction of sp³-hybridized carbons (Fsp3) is 0.130. The van der Waals surface area contributed by atoms with Crippen LogP contribution in [0.15, 0.2) is 72.1 Å². The predicted molar refractivity (Wildman–Crippen MR) is 120 cm³/mol. The molecule has 9 heteroatoms. The van der Waals surface area contributed by atoms with Crippen molar-refractivity contribution in [1.29, 1.82) is 0 Å². The lowest BCUT2D eigenvalue weighted by atomic mass is 9.83. The number of anilines is 1. The first kappa shape index (κ1) is 21.3. The summed E-state index contributed by atoms with van der Waals surface area (Å²) in [6, 6.07) is 19.1. The maximum absolute atomic E-state index is 13.5. The number of carbonyl (C=O) groups excluding carboxylic acids is 4. The molecule has 0 bridgehead atoms. The van der Waals surface area contributed by atoms with Gasteiger partial charge in [-0.2, -0.15) is 0 Å². The van der Waals surface area contributed by atoms with Crippen LogP contribution in [-0.4, -0.2) is 35.2 Å². The highest BCUT2D eigenvalue weighted by Gasteiger charge is 2.52. The van der Waals surface area contributed by atoms with E-state index in [1.54, 1.807) is 29.6 Å². The van der Waals surface area contributed by atoms with E-state index < -0.39 is 35.8 Å². The van der Waals surface area contributed by atoms with Crippen molar-refractivity contribution in [2.75, 3.05) is 11.9 Å². The average Bonchev–Trinajstić information content (AvgIpc) is 3.34. The molecule has 1 saturated heterocycles. The number of nitrogens with one attached hydrogen (secondary N) is 2. The van der Waals surface area contributed by atoms with E-state index in [4.69, 9.17) is 5.73 Å². The molecule has 8 nitrogen and oxygen atoms in total. The van der Waals surface area contributed by atoms with E-state index in [1.165, 1.54) is 6.07 Å². The van der Waals surface area contributed by atoms with Gasteiger partial charge in [-0.15, -0.1) is 11.3 Å². The zero-order valence-corrected chi connectivity index (χ0v) is 17.7. The number of hydrogen-bond acceptors (Lipinski definition) is 5. The SMILES string of the molecule is NC(=O)c1ccsc1NC(=O)CN1C(=O)N[C@](Cc2ccccc2)(c2ccccc2)C1=O. The molecule has 1 aromatic heterocycles. The molecule has 4 N–H and O–H groups in total. The summed E-state index contributed by atoms with van der Waals surface area (Å²) in [5.41, 5.74) is 5.63. The molecule has 1 fully saturated rings. The monoisotopic (exact) mass is 448 g/mol. The van der Waals surface area contributed by atoms with Crippen molar-refractivity contribution < 1.29 is 19.2 Å².